The van der Waals surface area contributed by atoms with Crippen molar-refractivity contribution >= 4 is 45.5 Å². The predicted molar refractivity (Wildman–Crippen MR) is 104 cm³/mol. The van der Waals surface area contributed by atoms with Gasteiger partial charge in [-0.15, -0.1) is 0 Å². The molecular formula is C18H28N2Te2. The monoisotopic (exact) mass is 532 g/mol. The molecule has 0 fully saturated rings. The molecule has 122 valence electrons. The third-order valence-electron chi connectivity index (χ3n) is 3.25. The Bertz CT molecular complexity index is 477. The molecule has 0 atom stereocenters. The van der Waals surface area contributed by atoms with Crippen molar-refractivity contribution in [2.45, 2.75) is 37.6 Å². The molecule has 0 aliphatic carbocycles. The first kappa shape index (κ1) is 21.6. The second kappa shape index (κ2) is 12.1. The van der Waals surface area contributed by atoms with E-state index in [1.807, 2.05) is 64.1 Å². The van der Waals surface area contributed by atoms with Crippen molar-refractivity contribution in [1.29, 1.82) is 0 Å². The van der Waals surface area contributed by atoms with E-state index in [1.165, 1.54) is 0 Å². The maximum atomic E-state index is 5.68. The second-order valence-corrected chi connectivity index (χ2v) is 19.6. The van der Waals surface area contributed by atoms with Gasteiger partial charge in [-0.05, 0) is 49.9 Å². The summed E-state index contributed by atoms with van der Waals surface area (Å²) in [5, 5.41) is 0. The van der Waals surface area contributed by atoms with Crippen molar-refractivity contribution in [1.82, 2.24) is 0 Å². The maximum absolute atomic E-state index is 5.68. The van der Waals surface area contributed by atoms with E-state index in [-0.39, 0.29) is 0 Å². The van der Waals surface area contributed by atoms with Crippen LogP contribution in [-0.4, -0.2) is 34.1 Å². The number of anilines is 2. The Morgan fingerprint density at radius 2 is 0.818 bits per heavy atom. The average molecular weight is 528 g/mol. The van der Waals surface area contributed by atoms with Gasteiger partial charge >= 0.3 is 44.1 Å². The van der Waals surface area contributed by atoms with Gasteiger partial charge in [0.05, 0.1) is 0 Å². The Labute approximate surface area is 152 Å². The summed E-state index contributed by atoms with van der Waals surface area (Å²) >= 11 is 1.22. The third kappa shape index (κ3) is 8.30. The second-order valence-electron chi connectivity index (χ2n) is 4.94. The summed E-state index contributed by atoms with van der Waals surface area (Å²) in [7, 11) is 0. The number of nitrogens with two attached hydrogens (primary N) is 2. The van der Waals surface area contributed by atoms with E-state index >= 15 is 0 Å². The fourth-order valence-corrected chi connectivity index (χ4v) is 1.65. The minimum absolute atomic E-state index is 0.612. The van der Waals surface area contributed by atoms with Gasteiger partial charge in [0, 0.05) is 11.4 Å². The topological polar surface area (TPSA) is 52.0 Å². The van der Waals surface area contributed by atoms with Gasteiger partial charge < -0.3 is 11.5 Å². The summed E-state index contributed by atoms with van der Waals surface area (Å²) < 4.78 is 0. The van der Waals surface area contributed by atoms with Crippen LogP contribution in [0.15, 0.2) is 36.4 Å². The van der Waals surface area contributed by atoms with Crippen LogP contribution in [0, 0.1) is 27.7 Å². The molecule has 4 heteroatoms. The molecule has 0 unspecified atom stereocenters. The Balaban J connectivity index is 0.000000326. The van der Waals surface area contributed by atoms with Crippen LogP contribution in [0.3, 0.4) is 0 Å². The van der Waals surface area contributed by atoms with E-state index in [1.54, 1.807) is 0 Å². The van der Waals surface area contributed by atoms with Crippen LogP contribution in [0.25, 0.3) is 0 Å². The molecule has 0 saturated heterocycles. The summed E-state index contributed by atoms with van der Waals surface area (Å²) in [6.07, 6.45) is 0. The quantitative estimate of drug-likeness (QED) is 0.432. The summed E-state index contributed by atoms with van der Waals surface area (Å²) in [5.41, 5.74) is 17.8. The van der Waals surface area contributed by atoms with Gasteiger partial charge in [-0.2, -0.15) is 0 Å². The summed E-state index contributed by atoms with van der Waals surface area (Å²) in [6.45, 7) is 8.06. The molecule has 0 heterocycles. The molecule has 0 bridgehead atoms. The molecule has 0 spiro atoms. The van der Waals surface area contributed by atoms with Crippen molar-refractivity contribution in [2.24, 2.45) is 0 Å². The minimum Gasteiger partial charge on any atom is -0.398 e. The van der Waals surface area contributed by atoms with Gasteiger partial charge in [0.15, 0.2) is 0 Å². The normalized spacial score (nSPS) is 9.18. The zero-order valence-corrected chi connectivity index (χ0v) is 19.1. The standard InChI is InChI=1S/2C8H11N.C2H6Te2/c2*1-6-4-3-5-7(2)8(6)9;1-3-4-2/h2*3-5H,9H2,1-2H3;1-2H3. The Morgan fingerprint density at radius 1 is 0.591 bits per heavy atom. The maximum Gasteiger partial charge on any atom is 0.0373 e. The zero-order valence-electron chi connectivity index (χ0n) is 14.4. The first-order valence-electron chi connectivity index (χ1n) is 7.05. The van der Waals surface area contributed by atoms with Gasteiger partial charge in [-0.3, -0.25) is 0 Å². The summed E-state index contributed by atoms with van der Waals surface area (Å²) in [4.78, 5) is 4.74. The largest absolute Gasteiger partial charge is 0.398 e. The Morgan fingerprint density at radius 3 is 0.955 bits per heavy atom. The van der Waals surface area contributed by atoms with Crippen molar-refractivity contribution in [3.8, 4) is 0 Å². The van der Waals surface area contributed by atoms with Crippen LogP contribution in [0.5, 0.6) is 0 Å². The molecule has 0 aliphatic heterocycles. The van der Waals surface area contributed by atoms with Crippen LogP contribution in [-0.2, 0) is 0 Å². The molecule has 0 radical (unpaired) electrons. The molecule has 0 amide bonds. The van der Waals surface area contributed by atoms with Crippen LogP contribution in [0.4, 0.5) is 11.4 Å². The number of hydrogen-bond acceptors (Lipinski definition) is 2. The van der Waals surface area contributed by atoms with Crippen LogP contribution in [0.2, 0.25) is 9.94 Å². The number of para-hydroxylation sites is 2. The summed E-state index contributed by atoms with van der Waals surface area (Å²) in [5.74, 6) is 0. The number of aryl methyl sites for hydroxylation is 4. The molecule has 4 N–H and O–H groups in total. The molecular weight excluding hydrogens is 499 g/mol. The van der Waals surface area contributed by atoms with Crippen LogP contribution in [0.1, 0.15) is 22.3 Å². The smallest absolute Gasteiger partial charge is 0.0373 e. The van der Waals surface area contributed by atoms with E-state index in [9.17, 15) is 0 Å². The SMILES string of the molecule is C[Te][Te]C.Cc1cccc(C)c1N.Cc1cccc(C)c1N. The van der Waals surface area contributed by atoms with E-state index in [4.69, 9.17) is 11.5 Å². The van der Waals surface area contributed by atoms with E-state index in [2.05, 4.69) is 9.94 Å². The van der Waals surface area contributed by atoms with E-state index < -0.39 is 0 Å². The van der Waals surface area contributed by atoms with Gasteiger partial charge in [-0.25, -0.2) is 0 Å². The molecule has 0 saturated carbocycles. The van der Waals surface area contributed by atoms with Crippen molar-refractivity contribution in [2.75, 3.05) is 11.5 Å². The van der Waals surface area contributed by atoms with Crippen molar-refractivity contribution in [3.63, 3.8) is 0 Å². The van der Waals surface area contributed by atoms with E-state index in [0.717, 1.165) is 33.6 Å². The number of nitrogen functional groups attached to an aromatic ring is 2. The minimum atomic E-state index is 0.612. The van der Waals surface area contributed by atoms with Gasteiger partial charge in [-0.1, -0.05) is 36.4 Å². The fourth-order valence-electron chi connectivity index (χ4n) is 1.65. The number of benzene rings is 2. The Kier molecular flexibility index (Phi) is 11.9. The van der Waals surface area contributed by atoms with Gasteiger partial charge in [0.25, 0.3) is 0 Å². The third-order valence-corrected chi connectivity index (χ3v) is 10.6. The number of rotatable bonds is 1. The van der Waals surface area contributed by atoms with Gasteiger partial charge in [0.2, 0.25) is 0 Å². The zero-order chi connectivity index (χ0) is 17.1. The van der Waals surface area contributed by atoms with Crippen LogP contribution >= 0.6 is 0 Å². The Hall–Kier alpha value is -0.381. The van der Waals surface area contributed by atoms with Crippen LogP contribution < -0.4 is 11.5 Å². The number of hydrogen-bond donors (Lipinski definition) is 2. The van der Waals surface area contributed by atoms with Crippen molar-refractivity contribution < 1.29 is 0 Å². The molecule has 22 heavy (non-hydrogen) atoms. The first-order valence-corrected chi connectivity index (χ1v) is 19.0. The van der Waals surface area contributed by atoms with Crippen molar-refractivity contribution in [3.05, 3.63) is 58.7 Å². The molecule has 0 aromatic heterocycles. The van der Waals surface area contributed by atoms with Gasteiger partial charge in [0.1, 0.15) is 0 Å². The summed E-state index contributed by atoms with van der Waals surface area (Å²) in [6, 6.07) is 12.1. The molecule has 2 aromatic carbocycles. The molecule has 2 aromatic rings. The first-order chi connectivity index (χ1) is 10.3. The predicted octanol–water partition coefficient (Wildman–Crippen LogP) is 4.18. The average Bonchev–Trinajstić information content (AvgIpc) is 2.51. The molecule has 0 aliphatic rings. The molecule has 2 nitrogen and oxygen atoms in total. The van der Waals surface area contributed by atoms with E-state index in [0.29, 0.717) is 34.1 Å². The molecule has 2 rings (SSSR count). The fraction of sp³-hybridized carbons (Fsp3) is 0.333.